The minimum atomic E-state index is -0.264. The van der Waals surface area contributed by atoms with Crippen LogP contribution in [0.25, 0.3) is 5.69 Å². The van der Waals surface area contributed by atoms with Crippen LogP contribution < -0.4 is 9.64 Å². The van der Waals surface area contributed by atoms with Crippen molar-refractivity contribution >= 4 is 30.0 Å². The summed E-state index contributed by atoms with van der Waals surface area (Å²) in [6.45, 7) is 5.26. The highest BCUT2D eigenvalue weighted by Gasteiger charge is 2.33. The Kier molecular flexibility index (Phi) is 8.79. The number of hydrogen-bond donors (Lipinski definition) is 0. The van der Waals surface area contributed by atoms with E-state index >= 15 is 0 Å². The highest BCUT2D eigenvalue weighted by Crippen LogP contribution is 2.42. The summed E-state index contributed by atoms with van der Waals surface area (Å²) in [5.41, 5.74) is 2.72. The van der Waals surface area contributed by atoms with Crippen LogP contribution in [-0.4, -0.2) is 42.1 Å². The number of aromatic nitrogens is 3. The minimum absolute atomic E-state index is 0. The quantitative estimate of drug-likeness (QED) is 0.322. The van der Waals surface area contributed by atoms with E-state index < -0.39 is 0 Å². The van der Waals surface area contributed by atoms with Crippen LogP contribution in [0.4, 0.5) is 10.3 Å². The molecule has 0 spiro atoms. The highest BCUT2D eigenvalue weighted by atomic mass is 35.5. The normalized spacial score (nSPS) is 13.9. The number of anilines is 1. The average Bonchev–Trinajstić information content (AvgIpc) is 3.57. The Labute approximate surface area is 211 Å². The van der Waals surface area contributed by atoms with E-state index in [9.17, 15) is 4.39 Å². The summed E-state index contributed by atoms with van der Waals surface area (Å²) in [4.78, 5) is 7.13. The SMILES string of the molecule is CCCN(c1nc(C2CC2)n(-c2cc(C)c(OC)cc2Cl)n1)[C@@H](COC)c1ccc(F)cc1.Cl. The molecule has 1 aliphatic carbocycles. The van der Waals surface area contributed by atoms with Crippen LogP contribution in [0.1, 0.15) is 55.1 Å². The lowest BCUT2D eigenvalue weighted by molar-refractivity contribution is 0.176. The zero-order chi connectivity index (χ0) is 23.5. The second-order valence-corrected chi connectivity index (χ2v) is 8.85. The monoisotopic (exact) mass is 508 g/mol. The molecule has 6 nitrogen and oxygen atoms in total. The maximum Gasteiger partial charge on any atom is 0.246 e. The van der Waals surface area contributed by atoms with Gasteiger partial charge >= 0.3 is 0 Å². The molecule has 0 saturated heterocycles. The second kappa shape index (κ2) is 11.4. The molecule has 1 saturated carbocycles. The van der Waals surface area contributed by atoms with E-state index in [1.807, 2.05) is 23.7 Å². The second-order valence-electron chi connectivity index (χ2n) is 8.45. The molecule has 0 amide bonds. The first-order chi connectivity index (χ1) is 16.0. The van der Waals surface area contributed by atoms with Gasteiger partial charge in [-0.25, -0.2) is 9.07 Å². The maximum atomic E-state index is 13.6. The predicted octanol–water partition coefficient (Wildman–Crippen LogP) is 6.28. The molecule has 9 heteroatoms. The fourth-order valence-electron chi connectivity index (χ4n) is 4.09. The molecule has 1 fully saturated rings. The lowest BCUT2D eigenvalue weighted by Gasteiger charge is -2.30. The number of methoxy groups -OCH3 is 2. The molecule has 0 bridgehead atoms. The van der Waals surface area contributed by atoms with E-state index in [0.717, 1.165) is 54.2 Å². The molecule has 184 valence electrons. The van der Waals surface area contributed by atoms with Crippen LogP contribution in [0.5, 0.6) is 5.75 Å². The number of benzene rings is 2. The fraction of sp³-hybridized carbons (Fsp3) is 0.440. The van der Waals surface area contributed by atoms with Gasteiger partial charge in [-0.2, -0.15) is 4.98 Å². The van der Waals surface area contributed by atoms with Gasteiger partial charge in [-0.05, 0) is 55.5 Å². The molecule has 1 atom stereocenters. The Bertz CT molecular complexity index is 1100. The third-order valence-corrected chi connectivity index (χ3v) is 6.24. The molecular weight excluding hydrogens is 478 g/mol. The van der Waals surface area contributed by atoms with Gasteiger partial charge in [-0.3, -0.25) is 0 Å². The van der Waals surface area contributed by atoms with Crippen molar-refractivity contribution in [3.05, 3.63) is 64.2 Å². The molecular formula is C25H31Cl2FN4O2. The first-order valence-corrected chi connectivity index (χ1v) is 11.7. The molecule has 1 aromatic heterocycles. The number of rotatable bonds is 10. The van der Waals surface area contributed by atoms with Crippen molar-refractivity contribution in [3.8, 4) is 11.4 Å². The molecule has 1 heterocycles. The average molecular weight is 509 g/mol. The molecule has 0 aliphatic heterocycles. The summed E-state index contributed by atoms with van der Waals surface area (Å²) >= 11 is 6.65. The summed E-state index contributed by atoms with van der Waals surface area (Å²) in [7, 11) is 3.30. The van der Waals surface area contributed by atoms with Crippen molar-refractivity contribution in [1.29, 1.82) is 0 Å². The largest absolute Gasteiger partial charge is 0.496 e. The van der Waals surface area contributed by atoms with Crippen LogP contribution in [-0.2, 0) is 4.74 Å². The van der Waals surface area contributed by atoms with Gasteiger partial charge < -0.3 is 14.4 Å². The standard InChI is InChI=1S/C25H30ClFN4O2.ClH/c1-5-12-30(22(15-32-3)17-8-10-19(27)11-9-17)25-28-24(18-6-7-18)31(29-25)21-13-16(2)23(33-4)14-20(21)26;/h8-11,13-14,18,22H,5-7,12,15H2,1-4H3;1H/t22-;/m0./s1. The van der Waals surface area contributed by atoms with Gasteiger partial charge in [0.15, 0.2) is 0 Å². The predicted molar refractivity (Wildman–Crippen MR) is 136 cm³/mol. The smallest absolute Gasteiger partial charge is 0.246 e. The summed E-state index contributed by atoms with van der Waals surface area (Å²) in [5, 5.41) is 5.50. The molecule has 34 heavy (non-hydrogen) atoms. The Morgan fingerprint density at radius 3 is 2.50 bits per heavy atom. The lowest BCUT2D eigenvalue weighted by atomic mass is 10.1. The summed E-state index contributed by atoms with van der Waals surface area (Å²) in [6.07, 6.45) is 3.06. The molecule has 0 unspecified atom stereocenters. The van der Waals surface area contributed by atoms with E-state index in [-0.39, 0.29) is 24.3 Å². The molecule has 1 aliphatic rings. The van der Waals surface area contributed by atoms with Gasteiger partial charge in [0.05, 0.1) is 30.5 Å². The fourth-order valence-corrected chi connectivity index (χ4v) is 4.33. The van der Waals surface area contributed by atoms with Crippen molar-refractivity contribution < 1.29 is 13.9 Å². The number of aryl methyl sites for hydroxylation is 1. The Hall–Kier alpha value is -2.35. The van der Waals surface area contributed by atoms with Crippen LogP contribution in [0, 0.1) is 12.7 Å². The van der Waals surface area contributed by atoms with E-state index in [4.69, 9.17) is 31.2 Å². The van der Waals surface area contributed by atoms with Crippen molar-refractivity contribution in [2.45, 2.75) is 45.1 Å². The Morgan fingerprint density at radius 2 is 1.91 bits per heavy atom. The highest BCUT2D eigenvalue weighted by molar-refractivity contribution is 6.32. The Balaban J connectivity index is 0.00000324. The van der Waals surface area contributed by atoms with Crippen molar-refractivity contribution in [3.63, 3.8) is 0 Å². The zero-order valence-electron chi connectivity index (χ0n) is 19.9. The summed E-state index contributed by atoms with van der Waals surface area (Å²) < 4.78 is 26.4. The maximum absolute atomic E-state index is 13.6. The van der Waals surface area contributed by atoms with Gasteiger partial charge in [0.1, 0.15) is 17.4 Å². The number of ether oxygens (including phenoxy) is 2. The topological polar surface area (TPSA) is 52.4 Å². The summed E-state index contributed by atoms with van der Waals surface area (Å²) in [6, 6.07) is 10.2. The molecule has 0 N–H and O–H groups in total. The van der Waals surface area contributed by atoms with E-state index in [1.54, 1.807) is 26.4 Å². The first kappa shape index (κ1) is 26.3. The lowest BCUT2D eigenvalue weighted by Crippen LogP contribution is -2.33. The van der Waals surface area contributed by atoms with Gasteiger partial charge in [0.2, 0.25) is 5.95 Å². The van der Waals surface area contributed by atoms with Crippen molar-refractivity contribution in [2.75, 3.05) is 32.3 Å². The van der Waals surface area contributed by atoms with Crippen LogP contribution in [0.2, 0.25) is 5.02 Å². The van der Waals surface area contributed by atoms with Crippen LogP contribution >= 0.6 is 24.0 Å². The van der Waals surface area contributed by atoms with Crippen LogP contribution in [0.3, 0.4) is 0 Å². The molecule has 3 aromatic rings. The van der Waals surface area contributed by atoms with Gasteiger partial charge in [0.25, 0.3) is 0 Å². The van der Waals surface area contributed by atoms with Crippen LogP contribution in [0.15, 0.2) is 36.4 Å². The molecule has 4 rings (SSSR count). The van der Waals surface area contributed by atoms with Gasteiger partial charge in [0, 0.05) is 25.6 Å². The first-order valence-electron chi connectivity index (χ1n) is 11.3. The van der Waals surface area contributed by atoms with E-state index in [2.05, 4.69) is 11.8 Å². The number of nitrogens with zero attached hydrogens (tertiary/aromatic N) is 4. The van der Waals surface area contributed by atoms with Crippen molar-refractivity contribution in [2.24, 2.45) is 0 Å². The van der Waals surface area contributed by atoms with Gasteiger partial charge in [-0.1, -0.05) is 30.7 Å². The van der Waals surface area contributed by atoms with E-state index in [1.165, 1.54) is 12.1 Å². The third-order valence-electron chi connectivity index (χ3n) is 5.93. The third kappa shape index (κ3) is 5.48. The Morgan fingerprint density at radius 1 is 1.21 bits per heavy atom. The van der Waals surface area contributed by atoms with E-state index in [0.29, 0.717) is 23.5 Å². The molecule has 2 aromatic carbocycles. The van der Waals surface area contributed by atoms with Gasteiger partial charge in [-0.15, -0.1) is 17.5 Å². The summed E-state index contributed by atoms with van der Waals surface area (Å²) in [5.74, 6) is 2.36. The number of hydrogen-bond acceptors (Lipinski definition) is 5. The number of halogens is 3. The minimum Gasteiger partial charge on any atom is -0.496 e. The molecule has 0 radical (unpaired) electrons. The van der Waals surface area contributed by atoms with Crippen molar-refractivity contribution in [1.82, 2.24) is 14.8 Å². The zero-order valence-corrected chi connectivity index (χ0v) is 21.5.